The topological polar surface area (TPSA) is 51.7 Å². The summed E-state index contributed by atoms with van der Waals surface area (Å²) in [7, 11) is 1.37. The Morgan fingerprint density at radius 1 is 0.976 bits per heavy atom. The number of nitrogens with zero attached hydrogens (tertiary/aromatic N) is 2. The second-order valence-electron chi connectivity index (χ2n) is 10.5. The summed E-state index contributed by atoms with van der Waals surface area (Å²) < 4.78 is 107. The van der Waals surface area contributed by atoms with Crippen LogP contribution >= 0.6 is 11.6 Å². The number of ether oxygens (including phenoxy) is 2. The Bertz CT molecular complexity index is 1510. The number of halogens is 8. The van der Waals surface area contributed by atoms with E-state index in [0.717, 1.165) is 0 Å². The number of amides is 1. The van der Waals surface area contributed by atoms with Gasteiger partial charge in [0.25, 0.3) is 0 Å². The number of aromatic nitrogens is 1. The molecule has 2 fully saturated rings. The second kappa shape index (κ2) is 10.6. The molecule has 2 aliphatic heterocycles. The fourth-order valence-electron chi connectivity index (χ4n) is 5.67. The minimum absolute atomic E-state index is 0.0269. The van der Waals surface area contributed by atoms with E-state index < -0.39 is 59.1 Å². The number of cyclic esters (lactones) is 1. The van der Waals surface area contributed by atoms with Crippen molar-refractivity contribution in [3.8, 4) is 16.9 Å². The number of methoxy groups -OCH3 is 1. The first-order valence-corrected chi connectivity index (χ1v) is 13.3. The molecule has 2 aliphatic rings. The lowest BCUT2D eigenvalue weighted by atomic mass is 9.93. The van der Waals surface area contributed by atoms with Crippen molar-refractivity contribution in [3.05, 3.63) is 81.4 Å². The highest BCUT2D eigenvalue weighted by Gasteiger charge is 2.52. The van der Waals surface area contributed by atoms with Crippen molar-refractivity contribution in [2.75, 3.05) is 7.11 Å². The minimum Gasteiger partial charge on any atom is -0.496 e. The molecule has 0 unspecified atom stereocenters. The summed E-state index contributed by atoms with van der Waals surface area (Å²) in [4.78, 5) is 18.9. The van der Waals surface area contributed by atoms with E-state index in [4.69, 9.17) is 21.1 Å². The Morgan fingerprint density at radius 3 is 2.19 bits per heavy atom. The predicted molar refractivity (Wildman–Crippen MR) is 139 cm³/mol. The van der Waals surface area contributed by atoms with Crippen LogP contribution < -0.4 is 4.74 Å². The van der Waals surface area contributed by atoms with Crippen molar-refractivity contribution in [2.45, 2.75) is 63.1 Å². The first kappa shape index (κ1) is 29.9. The molecule has 3 aromatic rings. The maximum absolute atomic E-state index is 14.8. The molecule has 0 N–H and O–H groups in total. The standard InChI is InChI=1S/C29H24ClF7N2O3/c1-13(2)18-11-19(23(41-3)12-20(18)31)17-4-7-24(30)38-25(17)21-5-6-22-26(42-27(40)39(21)22)14-8-15(28(32,33)34)10-16(9-14)29(35,36)37/h4,7-13,21-22,26H,5-6H2,1-3H3/t21-,22-,26+/m0/s1. The van der Waals surface area contributed by atoms with E-state index in [9.17, 15) is 35.5 Å². The molecule has 3 atom stereocenters. The molecule has 5 nitrogen and oxygen atoms in total. The molecule has 3 heterocycles. The van der Waals surface area contributed by atoms with Crippen LogP contribution in [0.2, 0.25) is 5.15 Å². The van der Waals surface area contributed by atoms with Gasteiger partial charge in [0.15, 0.2) is 0 Å². The van der Waals surface area contributed by atoms with Crippen molar-refractivity contribution in [3.63, 3.8) is 0 Å². The zero-order chi connectivity index (χ0) is 30.7. The van der Waals surface area contributed by atoms with E-state index in [1.54, 1.807) is 12.1 Å². The fourth-order valence-corrected chi connectivity index (χ4v) is 5.83. The van der Waals surface area contributed by atoms with Gasteiger partial charge in [-0.2, -0.15) is 26.3 Å². The lowest BCUT2D eigenvalue weighted by molar-refractivity contribution is -0.143. The number of benzene rings is 2. The third kappa shape index (κ3) is 5.36. The highest BCUT2D eigenvalue weighted by atomic mass is 35.5. The maximum Gasteiger partial charge on any atom is 0.416 e. The Kier molecular flexibility index (Phi) is 7.57. The Hall–Kier alpha value is -3.54. The molecule has 0 aliphatic carbocycles. The van der Waals surface area contributed by atoms with Crippen molar-refractivity contribution in [1.29, 1.82) is 0 Å². The van der Waals surface area contributed by atoms with E-state index in [1.165, 1.54) is 24.1 Å². The second-order valence-corrected chi connectivity index (χ2v) is 10.9. The molecule has 2 aromatic carbocycles. The van der Waals surface area contributed by atoms with Gasteiger partial charge in [-0.1, -0.05) is 25.4 Å². The van der Waals surface area contributed by atoms with Gasteiger partial charge in [-0.25, -0.2) is 14.2 Å². The lowest BCUT2D eigenvalue weighted by Crippen LogP contribution is -2.31. The van der Waals surface area contributed by atoms with Crippen molar-refractivity contribution in [1.82, 2.24) is 9.88 Å². The van der Waals surface area contributed by atoms with Gasteiger partial charge in [0.1, 0.15) is 22.8 Å². The van der Waals surface area contributed by atoms with E-state index in [1.807, 2.05) is 13.8 Å². The van der Waals surface area contributed by atoms with Crippen LogP contribution in [0.3, 0.4) is 0 Å². The predicted octanol–water partition coefficient (Wildman–Crippen LogP) is 9.11. The van der Waals surface area contributed by atoms with E-state index in [0.29, 0.717) is 34.5 Å². The molecule has 1 amide bonds. The summed E-state index contributed by atoms with van der Waals surface area (Å²) in [5.74, 6) is -0.458. The van der Waals surface area contributed by atoms with Crippen LogP contribution in [0.1, 0.15) is 72.7 Å². The Balaban J connectivity index is 1.58. The fraction of sp³-hybridized carbons (Fsp3) is 0.379. The molecule has 13 heteroatoms. The van der Waals surface area contributed by atoms with Gasteiger partial charge in [0.05, 0.1) is 36.0 Å². The zero-order valence-corrected chi connectivity index (χ0v) is 23.2. The third-order valence-corrected chi connectivity index (χ3v) is 7.80. The summed E-state index contributed by atoms with van der Waals surface area (Å²) in [5, 5.41) is 0.0826. The van der Waals surface area contributed by atoms with E-state index in [2.05, 4.69) is 4.98 Å². The maximum atomic E-state index is 14.8. The smallest absolute Gasteiger partial charge is 0.416 e. The first-order chi connectivity index (χ1) is 19.6. The molecular weight excluding hydrogens is 593 g/mol. The van der Waals surface area contributed by atoms with Gasteiger partial charge >= 0.3 is 18.4 Å². The van der Waals surface area contributed by atoms with Gasteiger partial charge in [0.2, 0.25) is 0 Å². The Labute approximate surface area is 241 Å². The normalized spacial score (nSPS) is 20.7. The van der Waals surface area contributed by atoms with E-state index in [-0.39, 0.29) is 35.7 Å². The SMILES string of the molecule is COc1cc(F)c(C(C)C)cc1-c1ccc(Cl)nc1[C@@H]1CC[C@H]2[C@@H](c3cc(C(F)(F)F)cc(C(F)(F)F)c3)OC(=O)N12. The van der Waals surface area contributed by atoms with Gasteiger partial charge in [-0.3, -0.25) is 4.90 Å². The molecule has 0 spiro atoms. The summed E-state index contributed by atoms with van der Waals surface area (Å²) in [5.41, 5.74) is -1.76. The van der Waals surface area contributed by atoms with Crippen LogP contribution in [-0.4, -0.2) is 29.1 Å². The number of fused-ring (bicyclic) bond motifs is 1. The molecular formula is C29H24ClF7N2O3. The molecule has 0 saturated carbocycles. The average molecular weight is 617 g/mol. The number of carbonyl (C=O) groups is 1. The van der Waals surface area contributed by atoms with Crippen molar-refractivity contribution >= 4 is 17.7 Å². The summed E-state index contributed by atoms with van der Waals surface area (Å²) in [6, 6.07) is 5.52. The van der Waals surface area contributed by atoms with Gasteiger partial charge in [-0.05, 0) is 66.3 Å². The lowest BCUT2D eigenvalue weighted by Gasteiger charge is -2.25. The number of hydrogen-bond acceptors (Lipinski definition) is 4. The van der Waals surface area contributed by atoms with Crippen LogP contribution in [0, 0.1) is 5.82 Å². The largest absolute Gasteiger partial charge is 0.496 e. The van der Waals surface area contributed by atoms with Crippen LogP contribution in [0.15, 0.2) is 42.5 Å². The summed E-state index contributed by atoms with van der Waals surface area (Å²) >= 11 is 6.24. The van der Waals surface area contributed by atoms with Crippen LogP contribution in [0.4, 0.5) is 35.5 Å². The molecule has 224 valence electrons. The number of carbonyl (C=O) groups excluding carboxylic acids is 1. The quantitative estimate of drug-likeness (QED) is 0.212. The highest BCUT2D eigenvalue weighted by molar-refractivity contribution is 6.29. The van der Waals surface area contributed by atoms with Gasteiger partial charge < -0.3 is 9.47 Å². The van der Waals surface area contributed by atoms with Crippen molar-refractivity contribution in [2.24, 2.45) is 0 Å². The molecule has 0 radical (unpaired) electrons. The molecule has 5 rings (SSSR count). The monoisotopic (exact) mass is 616 g/mol. The minimum atomic E-state index is -5.06. The average Bonchev–Trinajstić information content (AvgIpc) is 3.48. The van der Waals surface area contributed by atoms with Crippen LogP contribution in [0.25, 0.3) is 11.1 Å². The van der Waals surface area contributed by atoms with Gasteiger partial charge in [0, 0.05) is 17.2 Å². The van der Waals surface area contributed by atoms with Crippen LogP contribution in [-0.2, 0) is 17.1 Å². The van der Waals surface area contributed by atoms with Crippen molar-refractivity contribution < 1.29 is 45.0 Å². The highest BCUT2D eigenvalue weighted by Crippen LogP contribution is 2.50. The van der Waals surface area contributed by atoms with Crippen LogP contribution in [0.5, 0.6) is 5.75 Å². The molecule has 0 bridgehead atoms. The molecule has 2 saturated heterocycles. The van der Waals surface area contributed by atoms with E-state index >= 15 is 0 Å². The number of hydrogen-bond donors (Lipinski definition) is 0. The van der Waals surface area contributed by atoms with Gasteiger partial charge in [-0.15, -0.1) is 0 Å². The zero-order valence-electron chi connectivity index (χ0n) is 22.4. The summed E-state index contributed by atoms with van der Waals surface area (Å²) in [6.07, 6.45) is -12.0. The molecule has 42 heavy (non-hydrogen) atoms. The molecule has 1 aromatic heterocycles. The number of alkyl halides is 6. The third-order valence-electron chi connectivity index (χ3n) is 7.59. The summed E-state index contributed by atoms with van der Waals surface area (Å²) in [6.45, 7) is 3.63. The first-order valence-electron chi connectivity index (χ1n) is 12.9. The Morgan fingerprint density at radius 2 is 1.62 bits per heavy atom. The number of rotatable bonds is 5. The number of pyridine rings is 1.